The Morgan fingerprint density at radius 1 is 0.967 bits per heavy atom. The molecular weight excluding hydrogens is 444 g/mol. The molecule has 0 aliphatic carbocycles. The molecular formula is C24H21BrN2O3. The lowest BCUT2D eigenvalue weighted by atomic mass is 9.96. The van der Waals surface area contributed by atoms with Crippen molar-refractivity contribution in [2.45, 2.75) is 18.7 Å². The number of hydrazone groups is 1. The molecule has 0 fully saturated rings. The fourth-order valence-electron chi connectivity index (χ4n) is 4.03. The molecule has 0 saturated carbocycles. The van der Waals surface area contributed by atoms with E-state index in [1.54, 1.807) is 14.2 Å². The molecule has 0 bridgehead atoms. The van der Waals surface area contributed by atoms with Crippen molar-refractivity contribution in [3.05, 3.63) is 87.9 Å². The largest absolute Gasteiger partial charge is 0.497 e. The fourth-order valence-corrected chi connectivity index (χ4v) is 4.41. The zero-order valence-electron chi connectivity index (χ0n) is 16.7. The van der Waals surface area contributed by atoms with Gasteiger partial charge in [0, 0.05) is 22.0 Å². The van der Waals surface area contributed by atoms with E-state index in [2.05, 4.69) is 45.2 Å². The smallest absolute Gasteiger partial charge is 0.214 e. The Morgan fingerprint density at radius 2 is 1.77 bits per heavy atom. The van der Waals surface area contributed by atoms with Crippen molar-refractivity contribution in [2.24, 2.45) is 5.10 Å². The molecule has 0 spiro atoms. The third-order valence-electron chi connectivity index (χ3n) is 5.55. The minimum Gasteiger partial charge on any atom is -0.497 e. The highest BCUT2D eigenvalue weighted by atomic mass is 79.9. The number of benzene rings is 3. The van der Waals surface area contributed by atoms with E-state index in [4.69, 9.17) is 19.3 Å². The molecule has 5 rings (SSSR count). The number of fused-ring (bicyclic) bond motifs is 3. The Morgan fingerprint density at radius 3 is 2.53 bits per heavy atom. The van der Waals surface area contributed by atoms with Crippen molar-refractivity contribution in [1.29, 1.82) is 0 Å². The first-order valence-electron chi connectivity index (χ1n) is 9.76. The van der Waals surface area contributed by atoms with Crippen molar-refractivity contribution in [3.63, 3.8) is 0 Å². The van der Waals surface area contributed by atoms with Gasteiger partial charge in [0.25, 0.3) is 0 Å². The number of methoxy groups -OCH3 is 2. The molecule has 2 heterocycles. The highest BCUT2D eigenvalue weighted by Crippen LogP contribution is 2.48. The molecule has 3 aromatic carbocycles. The Bertz CT molecular complexity index is 1110. The van der Waals surface area contributed by atoms with Crippen molar-refractivity contribution < 1.29 is 14.2 Å². The Hall–Kier alpha value is -2.99. The van der Waals surface area contributed by atoms with E-state index in [0.29, 0.717) is 0 Å². The highest BCUT2D eigenvalue weighted by Gasteiger charge is 2.41. The number of nitrogens with zero attached hydrogens (tertiary/aromatic N) is 2. The van der Waals surface area contributed by atoms with Gasteiger partial charge in [0.15, 0.2) is 0 Å². The lowest BCUT2D eigenvalue weighted by molar-refractivity contribution is -0.0191. The first kappa shape index (κ1) is 19.0. The minimum absolute atomic E-state index is 0.0968. The van der Waals surface area contributed by atoms with Gasteiger partial charge in [0.1, 0.15) is 17.2 Å². The van der Waals surface area contributed by atoms with Crippen molar-refractivity contribution >= 4 is 21.6 Å². The van der Waals surface area contributed by atoms with Gasteiger partial charge in [-0.25, -0.2) is 5.01 Å². The van der Waals surface area contributed by atoms with Gasteiger partial charge in [-0.3, -0.25) is 0 Å². The summed E-state index contributed by atoms with van der Waals surface area (Å²) in [6.07, 6.45) is 0.481. The third-order valence-corrected chi connectivity index (χ3v) is 6.05. The molecule has 2 aliphatic heterocycles. The first-order chi connectivity index (χ1) is 14.7. The van der Waals surface area contributed by atoms with Gasteiger partial charge in [0.2, 0.25) is 6.23 Å². The second-order valence-electron chi connectivity index (χ2n) is 7.30. The normalized spacial score (nSPS) is 19.4. The number of hydrogen-bond donors (Lipinski definition) is 0. The average molecular weight is 465 g/mol. The van der Waals surface area contributed by atoms with Gasteiger partial charge >= 0.3 is 0 Å². The van der Waals surface area contributed by atoms with Crippen LogP contribution in [-0.2, 0) is 0 Å². The molecule has 0 saturated heterocycles. The molecule has 2 aliphatic rings. The van der Waals surface area contributed by atoms with Crippen LogP contribution in [0.2, 0.25) is 0 Å². The standard InChI is InChI=1S/C24H21BrN2O3/c1-28-18-9-6-15(7-10-18)21-14-22-20-13-17(25)8-11-23(20)30-24(27(22)26-21)16-4-3-5-19(12-16)29-2/h3-13,22,24H,14H2,1-2H3/t22-,24+/m0/s1. The molecule has 3 aromatic rings. The van der Waals surface area contributed by atoms with E-state index < -0.39 is 0 Å². The van der Waals surface area contributed by atoms with Crippen molar-refractivity contribution in [1.82, 2.24) is 5.01 Å². The summed E-state index contributed by atoms with van der Waals surface area (Å²) < 4.78 is 18.2. The average Bonchev–Trinajstić information content (AvgIpc) is 3.24. The summed E-state index contributed by atoms with van der Waals surface area (Å²) in [7, 11) is 3.35. The Balaban J connectivity index is 1.58. The Kier molecular flexibility index (Phi) is 4.87. The minimum atomic E-state index is -0.325. The quantitative estimate of drug-likeness (QED) is 0.495. The van der Waals surface area contributed by atoms with E-state index in [1.807, 2.05) is 42.5 Å². The second-order valence-corrected chi connectivity index (χ2v) is 8.22. The van der Waals surface area contributed by atoms with Crippen LogP contribution in [0.25, 0.3) is 0 Å². The summed E-state index contributed by atoms with van der Waals surface area (Å²) in [5.41, 5.74) is 4.27. The van der Waals surface area contributed by atoms with Crippen LogP contribution in [-0.4, -0.2) is 24.9 Å². The van der Waals surface area contributed by atoms with E-state index in [-0.39, 0.29) is 12.3 Å². The summed E-state index contributed by atoms with van der Waals surface area (Å²) in [5, 5.41) is 7.08. The highest BCUT2D eigenvalue weighted by molar-refractivity contribution is 9.10. The lowest BCUT2D eigenvalue weighted by Crippen LogP contribution is -2.33. The van der Waals surface area contributed by atoms with Crippen LogP contribution in [0.4, 0.5) is 0 Å². The second kappa shape index (κ2) is 7.69. The molecule has 0 radical (unpaired) electrons. The number of hydrogen-bond acceptors (Lipinski definition) is 5. The van der Waals surface area contributed by atoms with E-state index >= 15 is 0 Å². The van der Waals surface area contributed by atoms with Crippen LogP contribution in [0.5, 0.6) is 17.2 Å². The van der Waals surface area contributed by atoms with E-state index in [0.717, 1.165) is 50.5 Å². The van der Waals surface area contributed by atoms with Gasteiger partial charge in [-0.15, -0.1) is 0 Å². The molecule has 2 atom stereocenters. The molecule has 30 heavy (non-hydrogen) atoms. The Labute approximate surface area is 184 Å². The SMILES string of the molecule is COc1ccc(C2=NN3[C@@H](c4cccc(OC)c4)Oc4ccc(Br)cc4[C@@H]3C2)cc1. The number of rotatable bonds is 4. The summed E-state index contributed by atoms with van der Waals surface area (Å²) in [4.78, 5) is 0. The fraction of sp³-hybridized carbons (Fsp3) is 0.208. The zero-order valence-corrected chi connectivity index (χ0v) is 18.3. The molecule has 5 nitrogen and oxygen atoms in total. The molecule has 0 N–H and O–H groups in total. The third kappa shape index (κ3) is 3.31. The van der Waals surface area contributed by atoms with Crippen LogP contribution >= 0.6 is 15.9 Å². The van der Waals surface area contributed by atoms with Crippen molar-refractivity contribution in [3.8, 4) is 17.2 Å². The first-order valence-corrected chi connectivity index (χ1v) is 10.6. The molecule has 152 valence electrons. The van der Waals surface area contributed by atoms with E-state index in [1.165, 1.54) is 0 Å². The maximum Gasteiger partial charge on any atom is 0.214 e. The zero-order chi connectivity index (χ0) is 20.7. The van der Waals surface area contributed by atoms with Gasteiger partial charge in [-0.1, -0.05) is 28.1 Å². The van der Waals surface area contributed by atoms with Gasteiger partial charge < -0.3 is 14.2 Å². The van der Waals surface area contributed by atoms with Gasteiger partial charge in [0.05, 0.1) is 26.0 Å². The van der Waals surface area contributed by atoms with Crippen LogP contribution in [0.15, 0.2) is 76.3 Å². The summed E-state index contributed by atoms with van der Waals surface area (Å²) in [6, 6.07) is 22.3. The predicted octanol–water partition coefficient (Wildman–Crippen LogP) is 5.71. The molecule has 0 unspecified atom stereocenters. The molecule has 0 aromatic heterocycles. The maximum atomic E-state index is 6.43. The predicted molar refractivity (Wildman–Crippen MR) is 119 cm³/mol. The van der Waals surface area contributed by atoms with Crippen LogP contribution < -0.4 is 14.2 Å². The molecule has 6 heteroatoms. The topological polar surface area (TPSA) is 43.3 Å². The summed E-state index contributed by atoms with van der Waals surface area (Å²) in [5.74, 6) is 2.52. The molecule has 0 amide bonds. The summed E-state index contributed by atoms with van der Waals surface area (Å²) >= 11 is 3.60. The van der Waals surface area contributed by atoms with Crippen LogP contribution in [0, 0.1) is 0 Å². The van der Waals surface area contributed by atoms with E-state index in [9.17, 15) is 0 Å². The van der Waals surface area contributed by atoms with Gasteiger partial charge in [-0.2, -0.15) is 5.10 Å². The summed E-state index contributed by atoms with van der Waals surface area (Å²) in [6.45, 7) is 0. The van der Waals surface area contributed by atoms with Crippen LogP contribution in [0.1, 0.15) is 35.4 Å². The maximum absolute atomic E-state index is 6.43. The van der Waals surface area contributed by atoms with Gasteiger partial charge in [-0.05, 0) is 60.2 Å². The number of halogens is 1. The lowest BCUT2D eigenvalue weighted by Gasteiger charge is -2.38. The monoisotopic (exact) mass is 464 g/mol. The number of ether oxygens (including phenoxy) is 3. The van der Waals surface area contributed by atoms with Crippen LogP contribution in [0.3, 0.4) is 0 Å². The van der Waals surface area contributed by atoms with Crippen molar-refractivity contribution in [2.75, 3.05) is 14.2 Å².